The van der Waals surface area contributed by atoms with E-state index in [1.807, 2.05) is 0 Å². The lowest BCUT2D eigenvalue weighted by molar-refractivity contribution is -0.142. The zero-order valence-electron chi connectivity index (χ0n) is 6.75. The van der Waals surface area contributed by atoms with Crippen LogP contribution in [0.2, 0.25) is 0 Å². The Morgan fingerprint density at radius 3 is 2.07 bits per heavy atom. The first-order chi connectivity index (χ1) is 6.73. The Morgan fingerprint density at radius 1 is 1.13 bits per heavy atom. The van der Waals surface area contributed by atoms with Crippen molar-refractivity contribution in [3.05, 3.63) is 29.1 Å². The second-order valence-corrected chi connectivity index (χ2v) is 2.50. The van der Waals surface area contributed by atoms with Crippen molar-refractivity contribution >= 4 is 0 Å². The molecule has 1 aromatic heterocycles. The maximum absolute atomic E-state index is 12.6. The lowest BCUT2D eigenvalue weighted by atomic mass is 10.1. The Hall–Kier alpha value is -1.34. The Labute approximate surface area is 78.5 Å². The first kappa shape index (κ1) is 11.7. The lowest BCUT2D eigenvalue weighted by Crippen LogP contribution is -2.15. The molecule has 0 aliphatic carbocycles. The van der Waals surface area contributed by atoms with Crippen molar-refractivity contribution in [1.82, 2.24) is 4.98 Å². The maximum Gasteiger partial charge on any atom is 0.421 e. The highest BCUT2D eigenvalue weighted by molar-refractivity contribution is 5.28. The van der Waals surface area contributed by atoms with Crippen molar-refractivity contribution in [1.29, 1.82) is 0 Å². The quantitative estimate of drug-likeness (QED) is 0.535. The van der Waals surface area contributed by atoms with Gasteiger partial charge in [0, 0.05) is 11.6 Å². The van der Waals surface area contributed by atoms with E-state index in [-0.39, 0.29) is 6.07 Å². The summed E-state index contributed by atoms with van der Waals surface area (Å²) in [4.78, 5) is 2.20. The van der Waals surface area contributed by atoms with Crippen LogP contribution in [0.25, 0.3) is 0 Å². The van der Waals surface area contributed by atoms with Gasteiger partial charge in [-0.05, 0) is 0 Å². The van der Waals surface area contributed by atoms with E-state index in [0.29, 0.717) is 0 Å². The number of alkyl halides is 5. The molecule has 0 saturated carbocycles. The van der Waals surface area contributed by atoms with Crippen LogP contribution in [0, 0.1) is 11.9 Å². The molecule has 0 unspecified atom stereocenters. The molecule has 1 rings (SSSR count). The molecule has 0 atom stereocenters. The van der Waals surface area contributed by atoms with E-state index in [0.717, 1.165) is 0 Å². The summed E-state index contributed by atoms with van der Waals surface area (Å²) in [6, 6.07) is -0.142. The summed E-state index contributed by atoms with van der Waals surface area (Å²) in [6.07, 6.45) is -8.97. The summed E-state index contributed by atoms with van der Waals surface area (Å²) < 4.78 is 85.2. The second-order valence-electron chi connectivity index (χ2n) is 2.50. The van der Waals surface area contributed by atoms with Gasteiger partial charge >= 0.3 is 6.18 Å². The van der Waals surface area contributed by atoms with Gasteiger partial charge in [-0.3, -0.25) is 0 Å². The van der Waals surface area contributed by atoms with Crippen molar-refractivity contribution in [3.8, 4) is 0 Å². The summed E-state index contributed by atoms with van der Waals surface area (Å²) in [5, 5.41) is 0. The average molecular weight is 233 g/mol. The largest absolute Gasteiger partial charge is 0.421 e. The fourth-order valence-corrected chi connectivity index (χ4v) is 0.954. The molecule has 84 valence electrons. The molecule has 15 heavy (non-hydrogen) atoms. The molecule has 0 saturated heterocycles. The van der Waals surface area contributed by atoms with Crippen LogP contribution in [-0.4, -0.2) is 4.98 Å². The van der Waals surface area contributed by atoms with Gasteiger partial charge in [0.2, 0.25) is 11.9 Å². The molecule has 0 spiro atoms. The van der Waals surface area contributed by atoms with E-state index in [2.05, 4.69) is 4.98 Å². The molecule has 1 aromatic rings. The Bertz CT molecular complexity index is 370. The number of hydrogen-bond acceptors (Lipinski definition) is 1. The summed E-state index contributed by atoms with van der Waals surface area (Å²) in [5.41, 5.74) is -3.99. The number of nitrogens with zero attached hydrogens (tertiary/aromatic N) is 1. The number of rotatable bonds is 1. The maximum atomic E-state index is 12.6. The molecule has 0 N–H and O–H groups in total. The summed E-state index contributed by atoms with van der Waals surface area (Å²) in [5.74, 6) is -4.02. The van der Waals surface area contributed by atoms with Gasteiger partial charge in [-0.15, -0.1) is 0 Å². The third-order valence-corrected chi connectivity index (χ3v) is 1.49. The first-order valence-electron chi connectivity index (χ1n) is 3.44. The van der Waals surface area contributed by atoms with Crippen molar-refractivity contribution < 1.29 is 30.7 Å². The third kappa shape index (κ3) is 2.37. The van der Waals surface area contributed by atoms with Crippen LogP contribution in [0.15, 0.2) is 6.07 Å². The Morgan fingerprint density at radius 2 is 1.67 bits per heavy atom. The van der Waals surface area contributed by atoms with Gasteiger partial charge in [-0.1, -0.05) is 0 Å². The highest BCUT2D eigenvalue weighted by atomic mass is 19.4. The number of hydrogen-bond donors (Lipinski definition) is 0. The highest BCUT2D eigenvalue weighted by Crippen LogP contribution is 2.37. The van der Waals surface area contributed by atoms with Crippen LogP contribution >= 0.6 is 0 Å². The molecule has 1 heterocycles. The number of aromatic nitrogens is 1. The van der Waals surface area contributed by atoms with Crippen molar-refractivity contribution in [2.75, 3.05) is 0 Å². The van der Waals surface area contributed by atoms with Crippen LogP contribution in [0.3, 0.4) is 0 Å². The van der Waals surface area contributed by atoms with E-state index in [9.17, 15) is 30.7 Å². The van der Waals surface area contributed by atoms with E-state index in [1.54, 1.807) is 0 Å². The van der Waals surface area contributed by atoms with Crippen LogP contribution in [0.4, 0.5) is 30.7 Å². The van der Waals surface area contributed by atoms with Gasteiger partial charge in [0.1, 0.15) is 5.56 Å². The SMILES string of the molecule is Fc1cc(C(F)F)c(C(F)(F)F)c(F)n1. The summed E-state index contributed by atoms with van der Waals surface area (Å²) >= 11 is 0. The molecule has 1 nitrogen and oxygen atoms in total. The predicted molar refractivity (Wildman–Crippen MR) is 34.1 cm³/mol. The fourth-order valence-electron chi connectivity index (χ4n) is 0.954. The summed E-state index contributed by atoms with van der Waals surface area (Å²) in [7, 11) is 0. The lowest BCUT2D eigenvalue weighted by Gasteiger charge is -2.12. The predicted octanol–water partition coefficient (Wildman–Crippen LogP) is 3.32. The average Bonchev–Trinajstić information content (AvgIpc) is 1.99. The smallest absolute Gasteiger partial charge is 0.205 e. The highest BCUT2D eigenvalue weighted by Gasteiger charge is 2.40. The van der Waals surface area contributed by atoms with Crippen LogP contribution in [-0.2, 0) is 6.18 Å². The van der Waals surface area contributed by atoms with E-state index in [4.69, 9.17) is 0 Å². The summed E-state index contributed by atoms with van der Waals surface area (Å²) in [6.45, 7) is 0. The first-order valence-corrected chi connectivity index (χ1v) is 3.44. The number of halogens is 7. The molecule has 8 heteroatoms. The van der Waals surface area contributed by atoms with Crippen LogP contribution < -0.4 is 0 Å². The van der Waals surface area contributed by atoms with Gasteiger partial charge < -0.3 is 0 Å². The standard InChI is InChI=1S/C7H2F7N/c8-3-1-2(5(9)10)4(6(11)15-3)7(12,13)14/h1,5H. The van der Waals surface area contributed by atoms with Gasteiger partial charge in [-0.25, -0.2) is 8.78 Å². The van der Waals surface area contributed by atoms with Gasteiger partial charge in [0.05, 0.1) is 0 Å². The molecule has 0 aromatic carbocycles. The van der Waals surface area contributed by atoms with Crippen molar-refractivity contribution in [2.45, 2.75) is 12.6 Å². The van der Waals surface area contributed by atoms with Crippen molar-refractivity contribution in [3.63, 3.8) is 0 Å². The minimum absolute atomic E-state index is 0.142. The fraction of sp³-hybridized carbons (Fsp3) is 0.286. The Kier molecular flexibility index (Phi) is 2.87. The molecule has 0 radical (unpaired) electrons. The van der Waals surface area contributed by atoms with E-state index in [1.165, 1.54) is 0 Å². The van der Waals surface area contributed by atoms with Crippen LogP contribution in [0.1, 0.15) is 17.6 Å². The normalized spacial score (nSPS) is 12.3. The second kappa shape index (κ2) is 3.67. The topological polar surface area (TPSA) is 12.9 Å². The van der Waals surface area contributed by atoms with Crippen molar-refractivity contribution in [2.24, 2.45) is 0 Å². The molecular weight excluding hydrogens is 231 g/mol. The minimum Gasteiger partial charge on any atom is -0.205 e. The molecule has 0 fully saturated rings. The monoisotopic (exact) mass is 233 g/mol. The van der Waals surface area contributed by atoms with E-state index >= 15 is 0 Å². The molecular formula is C7H2F7N. The number of pyridine rings is 1. The Balaban J connectivity index is 3.48. The van der Waals surface area contributed by atoms with E-state index < -0.39 is 35.6 Å². The third-order valence-electron chi connectivity index (χ3n) is 1.49. The van der Waals surface area contributed by atoms with Crippen LogP contribution in [0.5, 0.6) is 0 Å². The minimum atomic E-state index is -5.34. The molecule has 0 bridgehead atoms. The molecule has 0 aliphatic heterocycles. The molecule has 0 aliphatic rings. The molecule has 0 amide bonds. The van der Waals surface area contributed by atoms with Gasteiger partial charge in [-0.2, -0.15) is 26.9 Å². The van der Waals surface area contributed by atoms with Gasteiger partial charge in [0.25, 0.3) is 6.43 Å². The van der Waals surface area contributed by atoms with Gasteiger partial charge in [0.15, 0.2) is 0 Å². The zero-order chi connectivity index (χ0) is 11.8. The zero-order valence-corrected chi connectivity index (χ0v) is 6.75.